The van der Waals surface area contributed by atoms with E-state index in [1.54, 1.807) is 71.9 Å². The van der Waals surface area contributed by atoms with Crippen LogP contribution >= 0.6 is 0 Å². The normalized spacial score (nSPS) is 14.4. The van der Waals surface area contributed by atoms with Gasteiger partial charge in [0, 0.05) is 29.9 Å². The number of nitrogens with zero attached hydrogens (tertiary/aromatic N) is 1. The molecule has 0 saturated heterocycles. The third kappa shape index (κ3) is 9.07. The minimum absolute atomic E-state index is 0.0283. The van der Waals surface area contributed by atoms with Crippen LogP contribution in [-0.2, 0) is 27.2 Å². The summed E-state index contributed by atoms with van der Waals surface area (Å²) in [6, 6.07) is 15.9. The Kier molecular flexibility index (Phi) is 9.69. The zero-order valence-electron chi connectivity index (χ0n) is 26.5. The molecule has 46 heavy (non-hydrogen) atoms. The van der Waals surface area contributed by atoms with E-state index in [9.17, 15) is 29.1 Å². The van der Waals surface area contributed by atoms with E-state index >= 15 is 0 Å². The molecule has 3 aromatic carbocycles. The lowest BCUT2D eigenvalue weighted by Gasteiger charge is -2.34. The summed E-state index contributed by atoms with van der Waals surface area (Å²) >= 11 is 0. The van der Waals surface area contributed by atoms with Crippen LogP contribution in [0.4, 0.5) is 21.0 Å². The summed E-state index contributed by atoms with van der Waals surface area (Å²) in [4.78, 5) is 63.8. The summed E-state index contributed by atoms with van der Waals surface area (Å²) in [5, 5.41) is 15.1. The topological polar surface area (TPSA) is 161 Å². The number of carbonyl (C=O) groups is 5. The number of carboxylic acid groups (broad SMARTS) is 1. The highest BCUT2D eigenvalue weighted by Crippen LogP contribution is 2.29. The second-order valence-corrected chi connectivity index (χ2v) is 12.7. The van der Waals surface area contributed by atoms with Crippen LogP contribution in [0.25, 0.3) is 0 Å². The number of hydrogen-bond acceptors (Lipinski definition) is 8. The van der Waals surface area contributed by atoms with Gasteiger partial charge < -0.3 is 24.2 Å². The van der Waals surface area contributed by atoms with Crippen molar-refractivity contribution in [2.75, 3.05) is 10.6 Å². The molecule has 3 aromatic rings. The third-order valence-electron chi connectivity index (χ3n) is 6.61. The molecule has 0 aromatic heterocycles. The molecule has 1 aliphatic heterocycles. The molecule has 0 spiro atoms. The summed E-state index contributed by atoms with van der Waals surface area (Å²) in [6.07, 6.45) is -1.20. The average molecular weight is 632 g/mol. The number of esters is 1. The molecule has 1 heterocycles. The molecule has 3 amide bonds. The number of carbonyl (C=O) groups excluding carboxylic acids is 4. The van der Waals surface area contributed by atoms with Gasteiger partial charge in [0.05, 0.1) is 5.56 Å². The van der Waals surface area contributed by atoms with Gasteiger partial charge in [0.15, 0.2) is 0 Å². The summed E-state index contributed by atoms with van der Waals surface area (Å²) in [5.41, 5.74) is 1.33. The Bertz CT molecular complexity index is 1640. The molecule has 1 unspecified atom stereocenters. The summed E-state index contributed by atoms with van der Waals surface area (Å²) in [5.74, 6) is -2.08. The number of benzene rings is 3. The Hall–Kier alpha value is -5.39. The van der Waals surface area contributed by atoms with Gasteiger partial charge in [0.2, 0.25) is 0 Å². The van der Waals surface area contributed by atoms with Gasteiger partial charge in [-0.15, -0.1) is 0 Å². The predicted octanol–water partition coefficient (Wildman–Crippen LogP) is 6.25. The van der Waals surface area contributed by atoms with Crippen molar-refractivity contribution in [3.63, 3.8) is 0 Å². The molecule has 0 saturated carbocycles. The van der Waals surface area contributed by atoms with E-state index < -0.39 is 47.3 Å². The van der Waals surface area contributed by atoms with Crippen molar-refractivity contribution in [2.24, 2.45) is 0 Å². The fraction of sp³-hybridized carbons (Fsp3) is 0.324. The lowest BCUT2D eigenvalue weighted by Crippen LogP contribution is -2.48. The summed E-state index contributed by atoms with van der Waals surface area (Å²) < 4.78 is 16.0. The number of hydrogen-bond donors (Lipinski definition) is 3. The number of carboxylic acids is 1. The van der Waals surface area contributed by atoms with Gasteiger partial charge in [-0.2, -0.15) is 0 Å². The van der Waals surface area contributed by atoms with Crippen LogP contribution in [0.15, 0.2) is 66.7 Å². The van der Waals surface area contributed by atoms with E-state index in [0.29, 0.717) is 22.5 Å². The average Bonchev–Trinajstić information content (AvgIpc) is 2.94. The Morgan fingerprint density at radius 1 is 0.717 bits per heavy atom. The quantitative estimate of drug-likeness (QED) is 0.211. The third-order valence-corrected chi connectivity index (χ3v) is 6.61. The van der Waals surface area contributed by atoms with E-state index in [-0.39, 0.29) is 29.8 Å². The van der Waals surface area contributed by atoms with Crippen LogP contribution in [0.2, 0.25) is 0 Å². The van der Waals surface area contributed by atoms with Crippen molar-refractivity contribution in [1.29, 1.82) is 0 Å². The van der Waals surface area contributed by atoms with E-state index in [1.165, 1.54) is 41.3 Å². The fourth-order valence-corrected chi connectivity index (χ4v) is 4.62. The number of ether oxygens (including phenoxy) is 3. The maximum atomic E-state index is 13.5. The van der Waals surface area contributed by atoms with Crippen LogP contribution in [0.3, 0.4) is 0 Å². The molecule has 0 bridgehead atoms. The number of anilines is 2. The number of amides is 3. The van der Waals surface area contributed by atoms with Crippen molar-refractivity contribution in [2.45, 2.75) is 71.8 Å². The molecular weight excluding hydrogens is 594 g/mol. The minimum atomic E-state index is -1.15. The molecular formula is C34H37N3O9. The molecule has 242 valence electrons. The Labute approximate surface area is 266 Å². The van der Waals surface area contributed by atoms with Crippen LogP contribution in [0, 0.1) is 0 Å². The van der Waals surface area contributed by atoms with E-state index in [2.05, 4.69) is 10.6 Å². The zero-order chi connectivity index (χ0) is 33.8. The van der Waals surface area contributed by atoms with Crippen molar-refractivity contribution >= 4 is 41.4 Å². The molecule has 0 radical (unpaired) electrons. The molecule has 3 N–H and O–H groups in total. The van der Waals surface area contributed by atoms with Gasteiger partial charge in [0.1, 0.15) is 23.0 Å². The van der Waals surface area contributed by atoms with Gasteiger partial charge >= 0.3 is 24.1 Å². The Morgan fingerprint density at radius 2 is 1.22 bits per heavy atom. The van der Waals surface area contributed by atoms with E-state index in [1.807, 2.05) is 0 Å². The van der Waals surface area contributed by atoms with E-state index in [0.717, 1.165) is 0 Å². The van der Waals surface area contributed by atoms with Crippen LogP contribution in [0.1, 0.15) is 73.4 Å². The molecule has 12 heteroatoms. The predicted molar refractivity (Wildman–Crippen MR) is 169 cm³/mol. The number of fused-ring (bicyclic) bond motifs is 1. The summed E-state index contributed by atoms with van der Waals surface area (Å²) in [7, 11) is 0. The zero-order valence-corrected chi connectivity index (χ0v) is 26.5. The molecule has 12 nitrogen and oxygen atoms in total. The number of rotatable bonds is 6. The first-order valence-electron chi connectivity index (χ1n) is 14.6. The lowest BCUT2D eigenvalue weighted by atomic mass is 9.93. The first-order valence-corrected chi connectivity index (χ1v) is 14.6. The highest BCUT2D eigenvalue weighted by Gasteiger charge is 2.35. The summed E-state index contributed by atoms with van der Waals surface area (Å²) in [6.45, 7) is 10.4. The van der Waals surface area contributed by atoms with Gasteiger partial charge in [-0.3, -0.25) is 15.4 Å². The minimum Gasteiger partial charge on any atom is -0.480 e. The maximum absolute atomic E-state index is 13.5. The van der Waals surface area contributed by atoms with Crippen molar-refractivity contribution < 1.29 is 43.3 Å². The second-order valence-electron chi connectivity index (χ2n) is 12.7. The smallest absolute Gasteiger partial charge is 0.412 e. The number of nitrogens with one attached hydrogen (secondary N) is 2. The van der Waals surface area contributed by atoms with Gasteiger partial charge in [0.25, 0.3) is 5.91 Å². The molecule has 0 aliphatic carbocycles. The SMILES string of the molecule is CC(C)(C)OC(=O)Nc1ccc(C(=O)Oc2ccc3c(c2)CN(C(=O)c2ccc(NC(=O)OC(C)(C)C)cc2)C(C(=O)O)C3)cc1. The molecule has 0 fully saturated rings. The van der Waals surface area contributed by atoms with Gasteiger partial charge in [-0.25, -0.2) is 19.2 Å². The van der Waals surface area contributed by atoms with E-state index in [4.69, 9.17) is 14.2 Å². The first kappa shape index (κ1) is 33.5. The van der Waals surface area contributed by atoms with Crippen molar-refractivity contribution in [3.05, 3.63) is 89.0 Å². The van der Waals surface area contributed by atoms with Gasteiger partial charge in [-0.1, -0.05) is 6.07 Å². The number of aliphatic carboxylic acids is 1. The highest BCUT2D eigenvalue weighted by atomic mass is 16.6. The second kappa shape index (κ2) is 13.3. The van der Waals surface area contributed by atoms with Crippen LogP contribution in [0.5, 0.6) is 5.75 Å². The molecule has 1 aliphatic rings. The first-order chi connectivity index (χ1) is 21.5. The van der Waals surface area contributed by atoms with Crippen LogP contribution in [-0.4, -0.2) is 57.3 Å². The largest absolute Gasteiger partial charge is 0.480 e. The van der Waals surface area contributed by atoms with Crippen LogP contribution < -0.4 is 15.4 Å². The standard InChI is InChI=1S/C34H37N3O9/c1-33(2,3)45-31(42)35-24-12-7-20(8-13-24)28(38)37-19-23-17-26(16-11-22(23)18-27(37)29(39)40)44-30(41)21-9-14-25(15-10-21)36-32(43)46-34(4,5)6/h7-17,27H,18-19H2,1-6H3,(H,35,42)(H,36,43)(H,39,40). The maximum Gasteiger partial charge on any atom is 0.412 e. The Morgan fingerprint density at radius 3 is 1.70 bits per heavy atom. The molecule has 4 rings (SSSR count). The monoisotopic (exact) mass is 631 g/mol. The van der Waals surface area contributed by atoms with Crippen molar-refractivity contribution in [3.8, 4) is 5.75 Å². The highest BCUT2D eigenvalue weighted by molar-refractivity contribution is 5.98. The van der Waals surface area contributed by atoms with Crippen molar-refractivity contribution in [1.82, 2.24) is 4.90 Å². The fourth-order valence-electron chi connectivity index (χ4n) is 4.62. The van der Waals surface area contributed by atoms with Gasteiger partial charge in [-0.05, 0) is 113 Å². The molecule has 1 atom stereocenters. The Balaban J connectivity index is 1.44. The lowest BCUT2D eigenvalue weighted by molar-refractivity contribution is -0.142.